The Morgan fingerprint density at radius 1 is 1.33 bits per heavy atom. The summed E-state index contributed by atoms with van der Waals surface area (Å²) in [6, 6.07) is 0. The van der Waals surface area contributed by atoms with Crippen LogP contribution in [-0.2, 0) is 23.8 Å². The number of alkyl halides is 2. The summed E-state index contributed by atoms with van der Waals surface area (Å²) in [5.41, 5.74) is 0. The molecule has 1 fully saturated rings. The molecule has 0 spiro atoms. The summed E-state index contributed by atoms with van der Waals surface area (Å²) in [5, 5.41) is 6.49. The Hall–Kier alpha value is -0.920. The summed E-state index contributed by atoms with van der Waals surface area (Å²) < 4.78 is 28.4. The maximum atomic E-state index is 14.1. The third kappa shape index (κ3) is 3.09. The van der Waals surface area contributed by atoms with Gasteiger partial charge in [-0.3, -0.25) is 9.59 Å². The Balaban J connectivity index is 3.02. The lowest BCUT2D eigenvalue weighted by Crippen LogP contribution is -2.62. The maximum absolute atomic E-state index is 14.1. The lowest BCUT2D eigenvalue weighted by Gasteiger charge is -2.43. The first-order valence-electron chi connectivity index (χ1n) is 5.22. The molecule has 18 heavy (non-hydrogen) atoms. The van der Waals surface area contributed by atoms with E-state index in [1.54, 1.807) is 0 Å². The second-order valence-electron chi connectivity index (χ2n) is 3.97. The molecule has 1 N–H and O–H groups in total. The van der Waals surface area contributed by atoms with Crippen molar-refractivity contribution in [2.75, 3.05) is 0 Å². The van der Waals surface area contributed by atoms with Gasteiger partial charge in [-0.05, 0) is 6.92 Å². The molecule has 5 atom stereocenters. The van der Waals surface area contributed by atoms with E-state index >= 15 is 0 Å². The summed E-state index contributed by atoms with van der Waals surface area (Å²) >= 11 is 5.47. The molecule has 0 amide bonds. The first-order chi connectivity index (χ1) is 8.16. The number of aliphatic hydroxyl groups excluding tert-OH is 1. The summed E-state index contributed by atoms with van der Waals surface area (Å²) in [7, 11) is 0. The second kappa shape index (κ2) is 5.38. The van der Waals surface area contributed by atoms with Gasteiger partial charge in [-0.1, -0.05) is 11.6 Å². The molecule has 8 heteroatoms. The van der Waals surface area contributed by atoms with Crippen LogP contribution in [0.25, 0.3) is 0 Å². The first kappa shape index (κ1) is 15.1. The Morgan fingerprint density at radius 3 is 2.28 bits per heavy atom. The van der Waals surface area contributed by atoms with Crippen molar-refractivity contribution < 1.29 is 33.3 Å². The molecule has 1 rings (SSSR count). The van der Waals surface area contributed by atoms with Gasteiger partial charge in [0.1, 0.15) is 0 Å². The van der Waals surface area contributed by atoms with E-state index in [9.17, 15) is 19.1 Å². The van der Waals surface area contributed by atoms with Crippen LogP contribution in [0.3, 0.4) is 0 Å². The number of carbonyl (C=O) groups excluding carboxylic acids is 2. The summed E-state index contributed by atoms with van der Waals surface area (Å²) in [6.07, 6.45) is -5.77. The van der Waals surface area contributed by atoms with Crippen LogP contribution in [0, 0.1) is 0 Å². The van der Waals surface area contributed by atoms with E-state index in [1.165, 1.54) is 6.92 Å². The van der Waals surface area contributed by atoms with Gasteiger partial charge in [0, 0.05) is 13.8 Å². The van der Waals surface area contributed by atoms with Gasteiger partial charge in [0.2, 0.25) is 6.29 Å². The Labute approximate surface area is 108 Å². The highest BCUT2D eigenvalue weighted by Crippen LogP contribution is 2.38. The van der Waals surface area contributed by atoms with Crippen molar-refractivity contribution in [2.24, 2.45) is 0 Å². The molecule has 0 aromatic rings. The van der Waals surface area contributed by atoms with Crippen LogP contribution in [0.15, 0.2) is 0 Å². The number of esters is 2. The normalized spacial score (nSPS) is 40.1. The number of hydrogen-bond donors (Lipinski definition) is 1. The molecule has 0 aliphatic carbocycles. The number of rotatable bonds is 2. The highest BCUT2D eigenvalue weighted by atomic mass is 35.5. The van der Waals surface area contributed by atoms with Crippen LogP contribution < -0.4 is 0 Å². The maximum Gasteiger partial charge on any atom is 0.303 e. The minimum atomic E-state index is -2.89. The van der Waals surface area contributed by atoms with Crippen molar-refractivity contribution in [2.45, 2.75) is 50.5 Å². The van der Waals surface area contributed by atoms with Crippen LogP contribution in [0.4, 0.5) is 4.39 Å². The number of halogens is 2. The molecule has 0 saturated carbocycles. The monoisotopic (exact) mass is 284 g/mol. The zero-order chi connectivity index (χ0) is 14.1. The Bertz CT molecular complexity index is 347. The topological polar surface area (TPSA) is 82.1 Å². The van der Waals surface area contributed by atoms with Crippen LogP contribution in [-0.4, -0.2) is 46.8 Å². The predicted molar refractivity (Wildman–Crippen MR) is 57.4 cm³/mol. The van der Waals surface area contributed by atoms with E-state index in [0.717, 1.165) is 13.8 Å². The van der Waals surface area contributed by atoms with Crippen molar-refractivity contribution in [1.29, 1.82) is 0 Å². The largest absolute Gasteiger partial charge is 0.456 e. The zero-order valence-electron chi connectivity index (χ0n) is 10.1. The number of hydrogen-bond acceptors (Lipinski definition) is 6. The highest BCUT2D eigenvalue weighted by molar-refractivity contribution is 6.23. The lowest BCUT2D eigenvalue weighted by atomic mass is 9.99. The molecular formula is C10H14ClFO6. The quantitative estimate of drug-likeness (QED) is 0.587. The van der Waals surface area contributed by atoms with Crippen LogP contribution in [0.5, 0.6) is 0 Å². The number of aliphatic hydroxyl groups is 1. The fraction of sp³-hybridized carbons (Fsp3) is 0.800. The van der Waals surface area contributed by atoms with Crippen LogP contribution in [0.2, 0.25) is 0 Å². The molecule has 0 radical (unpaired) electrons. The average molecular weight is 285 g/mol. The smallest absolute Gasteiger partial charge is 0.303 e. The van der Waals surface area contributed by atoms with E-state index in [2.05, 4.69) is 0 Å². The highest BCUT2D eigenvalue weighted by Gasteiger charge is 2.58. The van der Waals surface area contributed by atoms with Gasteiger partial charge in [-0.25, -0.2) is 4.39 Å². The molecule has 1 heterocycles. The van der Waals surface area contributed by atoms with E-state index < -0.39 is 41.7 Å². The predicted octanol–water partition coefficient (Wildman–Crippen LogP) is 0.492. The summed E-state index contributed by atoms with van der Waals surface area (Å²) in [5.74, 6) is -1.53. The van der Waals surface area contributed by atoms with Crippen molar-refractivity contribution in [3.05, 3.63) is 0 Å². The van der Waals surface area contributed by atoms with Gasteiger partial charge in [0.15, 0.2) is 12.2 Å². The Kier molecular flexibility index (Phi) is 4.52. The molecule has 0 bridgehead atoms. The number of ether oxygens (including phenoxy) is 3. The third-order valence-electron chi connectivity index (χ3n) is 2.41. The van der Waals surface area contributed by atoms with Crippen molar-refractivity contribution in [3.8, 4) is 0 Å². The molecule has 104 valence electrons. The van der Waals surface area contributed by atoms with Crippen molar-refractivity contribution in [3.63, 3.8) is 0 Å². The molecule has 0 aromatic carbocycles. The van der Waals surface area contributed by atoms with Crippen molar-refractivity contribution in [1.82, 2.24) is 0 Å². The Morgan fingerprint density at radius 2 is 1.83 bits per heavy atom. The van der Waals surface area contributed by atoms with E-state index in [4.69, 9.17) is 25.8 Å². The fourth-order valence-electron chi connectivity index (χ4n) is 1.65. The van der Waals surface area contributed by atoms with Gasteiger partial charge >= 0.3 is 11.9 Å². The minimum absolute atomic E-state index is 0.712. The van der Waals surface area contributed by atoms with Crippen molar-refractivity contribution >= 4 is 23.5 Å². The summed E-state index contributed by atoms with van der Waals surface area (Å²) in [4.78, 5) is 21.9. The van der Waals surface area contributed by atoms with E-state index in [0.29, 0.717) is 0 Å². The standard InChI is InChI=1S/C10H14ClFO6/c1-4-7(17-5(2)13)8(18-6(3)14)10(11,12)9(15)16-4/h4,7-9,15H,1-3H3/t4-,7+,8+,9?,10+/m0/s1. The van der Waals surface area contributed by atoms with Gasteiger partial charge in [-0.15, -0.1) is 0 Å². The fourth-order valence-corrected chi connectivity index (χ4v) is 1.87. The zero-order valence-corrected chi connectivity index (χ0v) is 10.8. The van der Waals surface area contributed by atoms with Crippen LogP contribution >= 0.6 is 11.6 Å². The van der Waals surface area contributed by atoms with E-state index in [-0.39, 0.29) is 0 Å². The van der Waals surface area contributed by atoms with Gasteiger partial charge in [-0.2, -0.15) is 0 Å². The minimum Gasteiger partial charge on any atom is -0.456 e. The SMILES string of the molecule is CC(=O)O[C@@H]1[C@H](C)OC(O)[C@@](F)(Cl)[C@@H]1OC(C)=O. The first-order valence-corrected chi connectivity index (χ1v) is 5.59. The lowest BCUT2D eigenvalue weighted by molar-refractivity contribution is -0.282. The molecule has 1 aliphatic heterocycles. The molecule has 0 aromatic heterocycles. The molecule has 1 unspecified atom stereocenters. The molecular weight excluding hydrogens is 271 g/mol. The van der Waals surface area contributed by atoms with Gasteiger partial charge in [0.05, 0.1) is 6.10 Å². The summed E-state index contributed by atoms with van der Waals surface area (Å²) in [6.45, 7) is 3.58. The van der Waals surface area contributed by atoms with E-state index in [1.807, 2.05) is 0 Å². The molecule has 1 aliphatic rings. The van der Waals surface area contributed by atoms with Gasteiger partial charge in [0.25, 0.3) is 5.13 Å². The molecule has 1 saturated heterocycles. The number of carbonyl (C=O) groups is 2. The van der Waals surface area contributed by atoms with Crippen LogP contribution in [0.1, 0.15) is 20.8 Å². The van der Waals surface area contributed by atoms with Gasteiger partial charge < -0.3 is 19.3 Å². The second-order valence-corrected chi connectivity index (χ2v) is 4.55. The third-order valence-corrected chi connectivity index (χ3v) is 2.81. The average Bonchev–Trinajstić information content (AvgIpc) is 2.20. The molecule has 6 nitrogen and oxygen atoms in total.